The fourth-order valence-electron chi connectivity index (χ4n) is 1.41. The zero-order valence-electron chi connectivity index (χ0n) is 11.3. The van der Waals surface area contributed by atoms with Crippen molar-refractivity contribution in [3.8, 4) is 0 Å². The lowest BCUT2D eigenvalue weighted by atomic mass is 10.2. The molecule has 2 atom stereocenters. The molecule has 0 amide bonds. The van der Waals surface area contributed by atoms with Crippen molar-refractivity contribution in [2.45, 2.75) is 17.9 Å². The Labute approximate surface area is 128 Å². The SMILES string of the molecule is C[C@@H](CS)C(=O)OC(CS(=O)(=O)c1ccccc1)C(=O)O. The number of carboxylic acid groups (broad SMARTS) is 1. The van der Waals surface area contributed by atoms with Gasteiger partial charge < -0.3 is 9.84 Å². The fourth-order valence-corrected chi connectivity index (χ4v) is 2.93. The highest BCUT2D eigenvalue weighted by Crippen LogP contribution is 2.14. The van der Waals surface area contributed by atoms with Crippen LogP contribution in [0.4, 0.5) is 0 Å². The molecule has 1 aromatic rings. The van der Waals surface area contributed by atoms with Crippen LogP contribution < -0.4 is 0 Å². The van der Waals surface area contributed by atoms with Gasteiger partial charge in [0.15, 0.2) is 9.84 Å². The molecule has 8 heteroatoms. The first-order valence-corrected chi connectivity index (χ1v) is 8.38. The van der Waals surface area contributed by atoms with Crippen molar-refractivity contribution >= 4 is 34.4 Å². The number of carboxylic acids is 1. The third kappa shape index (κ3) is 5.05. The summed E-state index contributed by atoms with van der Waals surface area (Å²) in [5.74, 6) is -3.54. The smallest absolute Gasteiger partial charge is 0.346 e. The van der Waals surface area contributed by atoms with Gasteiger partial charge in [0.05, 0.1) is 10.8 Å². The maximum absolute atomic E-state index is 12.1. The minimum absolute atomic E-state index is 0.0189. The molecule has 0 spiro atoms. The van der Waals surface area contributed by atoms with Gasteiger partial charge in [-0.1, -0.05) is 25.1 Å². The molecule has 1 unspecified atom stereocenters. The molecule has 0 aliphatic carbocycles. The summed E-state index contributed by atoms with van der Waals surface area (Å²) >= 11 is 3.91. The summed E-state index contributed by atoms with van der Waals surface area (Å²) in [6.45, 7) is 1.51. The van der Waals surface area contributed by atoms with Gasteiger partial charge in [-0.2, -0.15) is 12.6 Å². The Morgan fingerprint density at radius 3 is 2.33 bits per heavy atom. The van der Waals surface area contributed by atoms with Crippen LogP contribution in [0, 0.1) is 5.92 Å². The van der Waals surface area contributed by atoms with Crippen LogP contribution in [-0.2, 0) is 24.2 Å². The van der Waals surface area contributed by atoms with Crippen LogP contribution in [0.25, 0.3) is 0 Å². The zero-order valence-corrected chi connectivity index (χ0v) is 13.0. The monoisotopic (exact) mass is 332 g/mol. The summed E-state index contributed by atoms with van der Waals surface area (Å²) in [4.78, 5) is 22.7. The van der Waals surface area contributed by atoms with Crippen LogP contribution in [0.5, 0.6) is 0 Å². The number of hydrogen-bond donors (Lipinski definition) is 2. The fraction of sp³-hybridized carbons (Fsp3) is 0.385. The first-order chi connectivity index (χ1) is 9.77. The van der Waals surface area contributed by atoms with Crippen molar-refractivity contribution in [2.24, 2.45) is 5.92 Å². The molecule has 0 fully saturated rings. The summed E-state index contributed by atoms with van der Waals surface area (Å²) in [6, 6.07) is 7.40. The predicted molar refractivity (Wildman–Crippen MR) is 79.0 cm³/mol. The molecule has 0 aliphatic rings. The molecule has 0 bridgehead atoms. The van der Waals surface area contributed by atoms with Gasteiger partial charge in [-0.05, 0) is 12.1 Å². The molecule has 6 nitrogen and oxygen atoms in total. The normalized spacial score (nSPS) is 14.2. The zero-order chi connectivity index (χ0) is 16.0. The highest BCUT2D eigenvalue weighted by molar-refractivity contribution is 7.91. The molecule has 1 rings (SSSR count). The van der Waals surface area contributed by atoms with Gasteiger partial charge in [0.2, 0.25) is 6.10 Å². The number of thiol groups is 1. The largest absolute Gasteiger partial charge is 0.478 e. The summed E-state index contributed by atoms with van der Waals surface area (Å²) in [5, 5.41) is 9.03. The minimum atomic E-state index is -3.86. The highest BCUT2D eigenvalue weighted by atomic mass is 32.2. The highest BCUT2D eigenvalue weighted by Gasteiger charge is 2.31. The number of carbonyl (C=O) groups excluding carboxylic acids is 1. The summed E-state index contributed by atoms with van der Waals surface area (Å²) in [5.41, 5.74) is 0. The standard InChI is InChI=1S/C13H16O6S2/c1-9(7-20)13(16)19-11(12(14)15)8-21(17,18)10-5-3-2-4-6-10/h2-6,9,11,20H,7-8H2,1H3,(H,14,15)/t9-,11?/m0/s1. The van der Waals surface area contributed by atoms with Crippen LogP contribution in [0.15, 0.2) is 35.2 Å². The number of hydrogen-bond acceptors (Lipinski definition) is 6. The minimum Gasteiger partial charge on any atom is -0.478 e. The first kappa shape index (κ1) is 17.5. The molecule has 0 aromatic heterocycles. The van der Waals surface area contributed by atoms with E-state index < -0.39 is 39.6 Å². The molecule has 0 aliphatic heterocycles. The van der Waals surface area contributed by atoms with Crippen molar-refractivity contribution in [3.05, 3.63) is 30.3 Å². The van der Waals surface area contributed by atoms with E-state index in [1.807, 2.05) is 0 Å². The van der Waals surface area contributed by atoms with Crippen molar-refractivity contribution < 1.29 is 27.9 Å². The second-order valence-corrected chi connectivity index (χ2v) is 6.84. The van der Waals surface area contributed by atoms with E-state index in [0.717, 1.165) is 0 Å². The Balaban J connectivity index is 2.89. The number of esters is 1. The van der Waals surface area contributed by atoms with Crippen LogP contribution in [0.3, 0.4) is 0 Å². The van der Waals surface area contributed by atoms with E-state index in [1.54, 1.807) is 6.07 Å². The summed E-state index contributed by atoms with van der Waals surface area (Å²) in [6.07, 6.45) is -1.75. The molecule has 116 valence electrons. The molecule has 0 heterocycles. The molecule has 0 saturated heterocycles. The van der Waals surface area contributed by atoms with Crippen LogP contribution in [0.2, 0.25) is 0 Å². The van der Waals surface area contributed by atoms with E-state index in [-0.39, 0.29) is 10.6 Å². The number of sulfone groups is 1. The van der Waals surface area contributed by atoms with Crippen LogP contribution in [-0.4, -0.2) is 43.1 Å². The molecular weight excluding hydrogens is 316 g/mol. The van der Waals surface area contributed by atoms with Crippen LogP contribution in [0.1, 0.15) is 6.92 Å². The number of ether oxygens (including phenoxy) is 1. The van der Waals surface area contributed by atoms with Crippen molar-refractivity contribution in [3.63, 3.8) is 0 Å². The third-order valence-electron chi connectivity index (χ3n) is 2.68. The predicted octanol–water partition coefficient (Wildman–Crippen LogP) is 1.02. The number of rotatable bonds is 7. The Kier molecular flexibility index (Phi) is 6.22. The summed E-state index contributed by atoms with van der Waals surface area (Å²) in [7, 11) is -3.86. The quantitative estimate of drug-likeness (QED) is 0.571. The maximum atomic E-state index is 12.1. The molecule has 1 N–H and O–H groups in total. The Hall–Kier alpha value is -1.54. The van der Waals surface area contributed by atoms with Gasteiger partial charge in [0.1, 0.15) is 5.75 Å². The van der Waals surface area contributed by atoms with E-state index >= 15 is 0 Å². The summed E-state index contributed by atoms with van der Waals surface area (Å²) < 4.78 is 29.0. The first-order valence-electron chi connectivity index (χ1n) is 6.10. The van der Waals surface area contributed by atoms with Gasteiger partial charge in [0, 0.05) is 5.75 Å². The van der Waals surface area contributed by atoms with E-state index in [2.05, 4.69) is 12.6 Å². The van der Waals surface area contributed by atoms with E-state index in [9.17, 15) is 18.0 Å². The third-order valence-corrected chi connectivity index (χ3v) is 4.96. The maximum Gasteiger partial charge on any atom is 0.346 e. The molecule has 0 radical (unpaired) electrons. The second kappa shape index (κ2) is 7.46. The lowest BCUT2D eigenvalue weighted by Crippen LogP contribution is -2.35. The van der Waals surface area contributed by atoms with Gasteiger partial charge >= 0.3 is 11.9 Å². The van der Waals surface area contributed by atoms with E-state index in [0.29, 0.717) is 0 Å². The second-order valence-electron chi connectivity index (χ2n) is 4.44. The van der Waals surface area contributed by atoms with E-state index in [4.69, 9.17) is 9.84 Å². The average Bonchev–Trinajstić information content (AvgIpc) is 2.46. The van der Waals surface area contributed by atoms with Gasteiger partial charge in [-0.3, -0.25) is 4.79 Å². The molecular formula is C13H16O6S2. The molecule has 0 saturated carbocycles. The molecule has 21 heavy (non-hydrogen) atoms. The number of aliphatic carboxylic acids is 1. The van der Waals surface area contributed by atoms with Gasteiger partial charge in [-0.25, -0.2) is 13.2 Å². The average molecular weight is 332 g/mol. The number of benzene rings is 1. The van der Waals surface area contributed by atoms with Gasteiger partial charge in [0.25, 0.3) is 0 Å². The lowest BCUT2D eigenvalue weighted by Gasteiger charge is -2.16. The van der Waals surface area contributed by atoms with Gasteiger partial charge in [-0.15, -0.1) is 0 Å². The van der Waals surface area contributed by atoms with Crippen LogP contribution >= 0.6 is 12.6 Å². The molecule has 1 aromatic carbocycles. The number of carbonyl (C=O) groups is 2. The Bertz CT molecular complexity index is 596. The Morgan fingerprint density at radius 2 is 1.86 bits per heavy atom. The topological polar surface area (TPSA) is 97.7 Å². The lowest BCUT2D eigenvalue weighted by molar-refractivity contribution is -0.164. The Morgan fingerprint density at radius 1 is 1.29 bits per heavy atom. The van der Waals surface area contributed by atoms with E-state index in [1.165, 1.54) is 31.2 Å². The van der Waals surface area contributed by atoms with Crippen molar-refractivity contribution in [1.29, 1.82) is 0 Å². The van der Waals surface area contributed by atoms with Crippen molar-refractivity contribution in [2.75, 3.05) is 11.5 Å². The van der Waals surface area contributed by atoms with Crippen molar-refractivity contribution in [1.82, 2.24) is 0 Å².